The standard InChI is InChI=1S/C19H18N4O2/c1-25-18-5-3-2-4-16(18)23-19(24)22-13-14-6-11-21-17(12-14)15-7-9-20-10-8-15/h2-12H,13H2,1H3,(H2,22,23,24). The van der Waals surface area contributed by atoms with Crippen molar-refractivity contribution in [3.05, 3.63) is 72.7 Å². The molecule has 126 valence electrons. The maximum Gasteiger partial charge on any atom is 0.319 e. The van der Waals surface area contributed by atoms with Gasteiger partial charge in [0.2, 0.25) is 0 Å². The number of aromatic nitrogens is 2. The summed E-state index contributed by atoms with van der Waals surface area (Å²) < 4.78 is 5.22. The largest absolute Gasteiger partial charge is 0.495 e. The number of anilines is 1. The molecule has 3 aromatic rings. The van der Waals surface area contributed by atoms with Gasteiger partial charge in [-0.25, -0.2) is 4.79 Å². The van der Waals surface area contributed by atoms with Crippen LogP contribution in [0, 0.1) is 0 Å². The first-order chi connectivity index (χ1) is 12.3. The average Bonchev–Trinajstić information content (AvgIpc) is 2.68. The van der Waals surface area contributed by atoms with Crippen molar-refractivity contribution < 1.29 is 9.53 Å². The number of hydrogen-bond acceptors (Lipinski definition) is 4. The second-order valence-corrected chi connectivity index (χ2v) is 5.29. The van der Waals surface area contributed by atoms with E-state index in [9.17, 15) is 4.79 Å². The summed E-state index contributed by atoms with van der Waals surface area (Å²) in [5, 5.41) is 5.61. The Kier molecular flexibility index (Phi) is 5.21. The maximum atomic E-state index is 12.1. The van der Waals surface area contributed by atoms with E-state index in [1.807, 2.05) is 36.4 Å². The Bertz CT molecular complexity index is 853. The molecule has 0 saturated carbocycles. The van der Waals surface area contributed by atoms with E-state index in [1.54, 1.807) is 37.8 Å². The first-order valence-electron chi connectivity index (χ1n) is 7.79. The number of amides is 2. The van der Waals surface area contributed by atoms with Crippen molar-refractivity contribution >= 4 is 11.7 Å². The van der Waals surface area contributed by atoms with Gasteiger partial charge < -0.3 is 15.4 Å². The number of carbonyl (C=O) groups is 1. The average molecular weight is 334 g/mol. The van der Waals surface area contributed by atoms with E-state index in [0.717, 1.165) is 16.8 Å². The van der Waals surface area contributed by atoms with Gasteiger partial charge in [0.25, 0.3) is 0 Å². The summed E-state index contributed by atoms with van der Waals surface area (Å²) in [5.74, 6) is 0.613. The second kappa shape index (κ2) is 7.92. The third kappa shape index (κ3) is 4.32. The van der Waals surface area contributed by atoms with Crippen molar-refractivity contribution in [2.24, 2.45) is 0 Å². The SMILES string of the molecule is COc1ccccc1NC(=O)NCc1ccnc(-c2ccncc2)c1. The van der Waals surface area contributed by atoms with Crippen LogP contribution in [0.3, 0.4) is 0 Å². The molecule has 0 aliphatic heterocycles. The molecule has 3 rings (SSSR count). The van der Waals surface area contributed by atoms with Crippen molar-refractivity contribution in [2.45, 2.75) is 6.54 Å². The van der Waals surface area contributed by atoms with Crippen LogP contribution >= 0.6 is 0 Å². The number of ether oxygens (including phenoxy) is 1. The van der Waals surface area contributed by atoms with Crippen LogP contribution in [0.1, 0.15) is 5.56 Å². The summed E-state index contributed by atoms with van der Waals surface area (Å²) in [6.07, 6.45) is 5.18. The molecule has 0 fully saturated rings. The van der Waals surface area contributed by atoms with Gasteiger partial charge in [-0.05, 0) is 42.0 Å². The number of nitrogens with zero attached hydrogens (tertiary/aromatic N) is 2. The molecule has 6 nitrogen and oxygen atoms in total. The molecule has 0 spiro atoms. The van der Waals surface area contributed by atoms with E-state index < -0.39 is 0 Å². The Hall–Kier alpha value is -3.41. The van der Waals surface area contributed by atoms with Gasteiger partial charge in [-0.15, -0.1) is 0 Å². The first kappa shape index (κ1) is 16.4. The minimum atomic E-state index is -0.299. The number of urea groups is 1. The topological polar surface area (TPSA) is 76.1 Å². The van der Waals surface area contributed by atoms with Gasteiger partial charge in [-0.3, -0.25) is 9.97 Å². The quantitative estimate of drug-likeness (QED) is 0.749. The highest BCUT2D eigenvalue weighted by Crippen LogP contribution is 2.22. The molecule has 2 heterocycles. The zero-order valence-electron chi connectivity index (χ0n) is 13.8. The Morgan fingerprint density at radius 3 is 2.68 bits per heavy atom. The van der Waals surface area contributed by atoms with Crippen molar-refractivity contribution in [1.82, 2.24) is 15.3 Å². The monoisotopic (exact) mass is 334 g/mol. The van der Waals surface area contributed by atoms with Crippen LogP contribution in [0.25, 0.3) is 11.3 Å². The number of nitrogens with one attached hydrogen (secondary N) is 2. The minimum absolute atomic E-state index is 0.299. The zero-order chi connectivity index (χ0) is 17.5. The maximum absolute atomic E-state index is 12.1. The summed E-state index contributed by atoms with van der Waals surface area (Å²) in [7, 11) is 1.57. The van der Waals surface area contributed by atoms with Crippen LogP contribution in [-0.2, 0) is 6.54 Å². The molecule has 2 N–H and O–H groups in total. The zero-order valence-corrected chi connectivity index (χ0v) is 13.8. The van der Waals surface area contributed by atoms with Crippen LogP contribution in [0.2, 0.25) is 0 Å². The number of carbonyl (C=O) groups excluding carboxylic acids is 1. The molecule has 0 unspecified atom stereocenters. The van der Waals surface area contributed by atoms with Gasteiger partial charge in [-0.2, -0.15) is 0 Å². The van der Waals surface area contributed by atoms with E-state index in [2.05, 4.69) is 20.6 Å². The lowest BCUT2D eigenvalue weighted by Crippen LogP contribution is -2.28. The number of benzene rings is 1. The van der Waals surface area contributed by atoms with Gasteiger partial charge >= 0.3 is 6.03 Å². The predicted molar refractivity (Wildman–Crippen MR) is 96.3 cm³/mol. The molecule has 2 aromatic heterocycles. The normalized spacial score (nSPS) is 10.1. The third-order valence-corrected chi connectivity index (χ3v) is 3.61. The molecule has 0 aliphatic carbocycles. The van der Waals surface area contributed by atoms with Crippen LogP contribution in [0.5, 0.6) is 5.75 Å². The van der Waals surface area contributed by atoms with Crippen molar-refractivity contribution in [2.75, 3.05) is 12.4 Å². The highest BCUT2D eigenvalue weighted by Gasteiger charge is 2.07. The summed E-state index contributed by atoms with van der Waals surface area (Å²) in [6, 6.07) is 14.6. The second-order valence-electron chi connectivity index (χ2n) is 5.29. The Morgan fingerprint density at radius 1 is 1.08 bits per heavy atom. The van der Waals surface area contributed by atoms with Gasteiger partial charge in [0.1, 0.15) is 5.75 Å². The molecule has 1 aromatic carbocycles. The molecule has 0 atom stereocenters. The fourth-order valence-corrected chi connectivity index (χ4v) is 2.36. The summed E-state index contributed by atoms with van der Waals surface area (Å²) in [5.41, 5.74) is 3.40. The fraction of sp³-hybridized carbons (Fsp3) is 0.105. The van der Waals surface area contributed by atoms with Crippen LogP contribution < -0.4 is 15.4 Å². The van der Waals surface area contributed by atoms with Crippen molar-refractivity contribution in [3.63, 3.8) is 0 Å². The highest BCUT2D eigenvalue weighted by atomic mass is 16.5. The number of hydrogen-bond donors (Lipinski definition) is 2. The lowest BCUT2D eigenvalue weighted by Gasteiger charge is -2.11. The van der Waals surface area contributed by atoms with Crippen molar-refractivity contribution in [3.8, 4) is 17.0 Å². The highest BCUT2D eigenvalue weighted by molar-refractivity contribution is 5.90. The lowest BCUT2D eigenvalue weighted by atomic mass is 10.1. The van der Waals surface area contributed by atoms with Crippen molar-refractivity contribution in [1.29, 1.82) is 0 Å². The predicted octanol–water partition coefficient (Wildman–Crippen LogP) is 3.47. The van der Waals surface area contributed by atoms with Crippen LogP contribution in [0.4, 0.5) is 10.5 Å². The Balaban J connectivity index is 1.63. The molecule has 2 amide bonds. The minimum Gasteiger partial charge on any atom is -0.495 e. The number of rotatable bonds is 5. The lowest BCUT2D eigenvalue weighted by molar-refractivity contribution is 0.251. The van der Waals surface area contributed by atoms with Gasteiger partial charge in [-0.1, -0.05) is 12.1 Å². The Labute approximate surface area is 145 Å². The Morgan fingerprint density at radius 2 is 1.88 bits per heavy atom. The molecular weight excluding hydrogens is 316 g/mol. The fourth-order valence-electron chi connectivity index (χ4n) is 2.36. The number of methoxy groups -OCH3 is 1. The molecule has 0 aliphatic rings. The molecule has 0 radical (unpaired) electrons. The molecule has 25 heavy (non-hydrogen) atoms. The van der Waals surface area contributed by atoms with Crippen LogP contribution in [-0.4, -0.2) is 23.1 Å². The van der Waals surface area contributed by atoms with E-state index >= 15 is 0 Å². The summed E-state index contributed by atoms with van der Waals surface area (Å²) in [4.78, 5) is 20.5. The summed E-state index contributed by atoms with van der Waals surface area (Å²) >= 11 is 0. The van der Waals surface area contributed by atoms with E-state index in [1.165, 1.54) is 0 Å². The van der Waals surface area contributed by atoms with Gasteiger partial charge in [0, 0.05) is 30.7 Å². The van der Waals surface area contributed by atoms with Crippen LogP contribution in [0.15, 0.2) is 67.1 Å². The molecular formula is C19H18N4O2. The number of pyridine rings is 2. The number of para-hydroxylation sites is 2. The van der Waals surface area contributed by atoms with E-state index in [0.29, 0.717) is 18.0 Å². The first-order valence-corrected chi connectivity index (χ1v) is 7.79. The summed E-state index contributed by atoms with van der Waals surface area (Å²) in [6.45, 7) is 0.390. The van der Waals surface area contributed by atoms with E-state index in [4.69, 9.17) is 4.74 Å². The third-order valence-electron chi connectivity index (χ3n) is 3.61. The van der Waals surface area contributed by atoms with E-state index in [-0.39, 0.29) is 6.03 Å². The smallest absolute Gasteiger partial charge is 0.319 e. The van der Waals surface area contributed by atoms with Gasteiger partial charge in [0.15, 0.2) is 0 Å². The van der Waals surface area contributed by atoms with Gasteiger partial charge in [0.05, 0.1) is 18.5 Å². The molecule has 6 heteroatoms. The molecule has 0 bridgehead atoms. The molecule has 0 saturated heterocycles.